The number of halogens is 3. The van der Waals surface area contributed by atoms with Crippen LogP contribution in [0, 0.1) is 5.82 Å². The Kier molecular flexibility index (Phi) is 3.85. The van der Waals surface area contributed by atoms with Gasteiger partial charge in [0.05, 0.1) is 11.1 Å². The van der Waals surface area contributed by atoms with Gasteiger partial charge in [0, 0.05) is 10.4 Å². The number of rotatable bonds is 2. The lowest BCUT2D eigenvalue weighted by Crippen LogP contribution is -2.12. The average Bonchev–Trinajstić information content (AvgIpc) is 2.50. The Bertz CT molecular complexity index is 817. The molecule has 3 rings (SSSR count). The second-order valence-electron chi connectivity index (χ2n) is 4.83. The summed E-state index contributed by atoms with van der Waals surface area (Å²) in [6.45, 7) is 0. The summed E-state index contributed by atoms with van der Waals surface area (Å²) in [5.41, 5.74) is 7.87. The van der Waals surface area contributed by atoms with Crippen LogP contribution in [0.4, 0.5) is 4.39 Å². The monoisotopic (exact) mass is 319 g/mol. The highest BCUT2D eigenvalue weighted by atomic mass is 35.5. The third kappa shape index (κ3) is 2.62. The van der Waals surface area contributed by atoms with Gasteiger partial charge in [-0.15, -0.1) is 0 Å². The van der Waals surface area contributed by atoms with Crippen molar-refractivity contribution < 1.29 is 4.39 Å². The average molecular weight is 320 g/mol. The van der Waals surface area contributed by atoms with Crippen molar-refractivity contribution in [3.63, 3.8) is 0 Å². The van der Waals surface area contributed by atoms with Crippen LogP contribution in [-0.4, -0.2) is 0 Å². The van der Waals surface area contributed by atoms with Crippen molar-refractivity contribution in [2.75, 3.05) is 0 Å². The molecule has 0 radical (unpaired) electrons. The highest BCUT2D eigenvalue weighted by molar-refractivity contribution is 6.35. The minimum atomic E-state index is -0.470. The standard InChI is InChI=1S/C17H12Cl2FN/c18-14-8-6-13(11-3-1-2-4-12(11)14)17(21)10-5-7-15(19)16(20)9-10/h1-9,17H,21H2. The Morgan fingerprint density at radius 1 is 0.857 bits per heavy atom. The Morgan fingerprint density at radius 3 is 2.24 bits per heavy atom. The van der Waals surface area contributed by atoms with Crippen LogP contribution in [0.5, 0.6) is 0 Å². The molecule has 0 saturated carbocycles. The first kappa shape index (κ1) is 14.3. The Hall–Kier alpha value is -1.61. The SMILES string of the molecule is NC(c1ccc(Cl)c(F)c1)c1ccc(Cl)c2ccccc12. The number of hydrogen-bond donors (Lipinski definition) is 1. The van der Waals surface area contributed by atoms with Crippen molar-refractivity contribution in [3.05, 3.63) is 81.6 Å². The smallest absolute Gasteiger partial charge is 0.142 e. The lowest BCUT2D eigenvalue weighted by molar-refractivity contribution is 0.624. The summed E-state index contributed by atoms with van der Waals surface area (Å²) >= 11 is 11.9. The van der Waals surface area contributed by atoms with Crippen LogP contribution in [0.3, 0.4) is 0 Å². The lowest BCUT2D eigenvalue weighted by Gasteiger charge is -2.16. The van der Waals surface area contributed by atoms with Gasteiger partial charge in [-0.05, 0) is 34.7 Å². The van der Waals surface area contributed by atoms with E-state index < -0.39 is 11.9 Å². The lowest BCUT2D eigenvalue weighted by atomic mass is 9.94. The number of hydrogen-bond acceptors (Lipinski definition) is 1. The molecule has 0 heterocycles. The van der Waals surface area contributed by atoms with Crippen LogP contribution in [0.25, 0.3) is 10.8 Å². The van der Waals surface area contributed by atoms with Crippen molar-refractivity contribution >= 4 is 34.0 Å². The van der Waals surface area contributed by atoms with Gasteiger partial charge in [0.15, 0.2) is 0 Å². The predicted molar refractivity (Wildman–Crippen MR) is 86.4 cm³/mol. The largest absolute Gasteiger partial charge is 0.320 e. The molecule has 0 bridgehead atoms. The molecule has 3 aromatic rings. The van der Waals surface area contributed by atoms with E-state index in [9.17, 15) is 4.39 Å². The van der Waals surface area contributed by atoms with Crippen LogP contribution in [0.15, 0.2) is 54.6 Å². The molecule has 106 valence electrons. The summed E-state index contributed by atoms with van der Waals surface area (Å²) < 4.78 is 13.6. The first-order valence-corrected chi connectivity index (χ1v) is 7.21. The van der Waals surface area contributed by atoms with Crippen LogP contribution in [0.2, 0.25) is 10.0 Å². The molecule has 0 aromatic heterocycles. The summed E-state index contributed by atoms with van der Waals surface area (Å²) in [4.78, 5) is 0. The molecule has 0 aliphatic heterocycles. The fourth-order valence-corrected chi connectivity index (χ4v) is 2.79. The van der Waals surface area contributed by atoms with Gasteiger partial charge in [0.2, 0.25) is 0 Å². The van der Waals surface area contributed by atoms with Gasteiger partial charge in [-0.3, -0.25) is 0 Å². The highest BCUT2D eigenvalue weighted by Gasteiger charge is 2.15. The van der Waals surface area contributed by atoms with E-state index in [-0.39, 0.29) is 5.02 Å². The molecule has 0 saturated heterocycles. The topological polar surface area (TPSA) is 26.0 Å². The summed E-state index contributed by atoms with van der Waals surface area (Å²) in [5, 5.41) is 2.66. The Labute approximate surface area is 132 Å². The molecule has 21 heavy (non-hydrogen) atoms. The number of nitrogens with two attached hydrogens (primary N) is 1. The van der Waals surface area contributed by atoms with Crippen molar-refractivity contribution in [2.24, 2.45) is 5.73 Å². The maximum atomic E-state index is 13.6. The second-order valence-corrected chi connectivity index (χ2v) is 5.65. The Balaban J connectivity index is 2.15. The molecular weight excluding hydrogens is 308 g/mol. The van der Waals surface area contributed by atoms with Gasteiger partial charge < -0.3 is 5.73 Å². The maximum Gasteiger partial charge on any atom is 0.142 e. The molecule has 0 aliphatic carbocycles. The molecule has 2 N–H and O–H groups in total. The molecule has 0 fully saturated rings. The zero-order valence-corrected chi connectivity index (χ0v) is 12.5. The molecule has 0 spiro atoms. The molecule has 3 aromatic carbocycles. The molecule has 4 heteroatoms. The van der Waals surface area contributed by atoms with Gasteiger partial charge in [0.1, 0.15) is 5.82 Å². The van der Waals surface area contributed by atoms with Crippen LogP contribution in [0.1, 0.15) is 17.2 Å². The van der Waals surface area contributed by atoms with E-state index in [1.54, 1.807) is 6.07 Å². The van der Waals surface area contributed by atoms with Gasteiger partial charge in [-0.1, -0.05) is 59.6 Å². The predicted octanol–water partition coefficient (Wildman–Crippen LogP) is 5.33. The fourth-order valence-electron chi connectivity index (χ4n) is 2.44. The third-order valence-corrected chi connectivity index (χ3v) is 4.18. The number of benzene rings is 3. The first-order chi connectivity index (χ1) is 10.1. The Morgan fingerprint density at radius 2 is 1.52 bits per heavy atom. The van der Waals surface area contributed by atoms with Crippen molar-refractivity contribution in [1.82, 2.24) is 0 Å². The van der Waals surface area contributed by atoms with Gasteiger partial charge in [-0.2, -0.15) is 0 Å². The van der Waals surface area contributed by atoms with E-state index in [0.717, 1.165) is 16.3 Å². The maximum absolute atomic E-state index is 13.6. The van der Waals surface area contributed by atoms with E-state index in [1.807, 2.05) is 36.4 Å². The molecule has 1 unspecified atom stereocenters. The van der Waals surface area contributed by atoms with E-state index in [1.165, 1.54) is 12.1 Å². The minimum Gasteiger partial charge on any atom is -0.320 e. The molecule has 1 nitrogen and oxygen atoms in total. The molecule has 1 atom stereocenters. The van der Waals surface area contributed by atoms with Crippen LogP contribution < -0.4 is 5.73 Å². The van der Waals surface area contributed by atoms with Gasteiger partial charge >= 0.3 is 0 Å². The zero-order valence-electron chi connectivity index (χ0n) is 11.0. The van der Waals surface area contributed by atoms with Gasteiger partial charge in [-0.25, -0.2) is 4.39 Å². The molecule has 0 aliphatic rings. The number of fused-ring (bicyclic) bond motifs is 1. The minimum absolute atomic E-state index is 0.0897. The summed E-state index contributed by atoms with van der Waals surface area (Å²) in [7, 11) is 0. The van der Waals surface area contributed by atoms with E-state index in [2.05, 4.69) is 0 Å². The quantitative estimate of drug-likeness (QED) is 0.678. The van der Waals surface area contributed by atoms with Crippen LogP contribution >= 0.6 is 23.2 Å². The third-order valence-electron chi connectivity index (χ3n) is 3.54. The highest BCUT2D eigenvalue weighted by Crippen LogP contribution is 2.32. The van der Waals surface area contributed by atoms with Crippen LogP contribution in [-0.2, 0) is 0 Å². The van der Waals surface area contributed by atoms with Crippen molar-refractivity contribution in [2.45, 2.75) is 6.04 Å². The van der Waals surface area contributed by atoms with Gasteiger partial charge in [0.25, 0.3) is 0 Å². The zero-order chi connectivity index (χ0) is 15.0. The van der Waals surface area contributed by atoms with E-state index in [4.69, 9.17) is 28.9 Å². The second kappa shape index (κ2) is 5.64. The summed E-state index contributed by atoms with van der Waals surface area (Å²) in [5.74, 6) is -0.470. The van der Waals surface area contributed by atoms with Crippen molar-refractivity contribution in [3.8, 4) is 0 Å². The summed E-state index contributed by atoms with van der Waals surface area (Å²) in [6.07, 6.45) is 0. The van der Waals surface area contributed by atoms with Crippen molar-refractivity contribution in [1.29, 1.82) is 0 Å². The van der Waals surface area contributed by atoms with E-state index >= 15 is 0 Å². The summed E-state index contributed by atoms with van der Waals surface area (Å²) in [6, 6.07) is 15.6. The molecule has 0 amide bonds. The first-order valence-electron chi connectivity index (χ1n) is 6.45. The fraction of sp³-hybridized carbons (Fsp3) is 0.0588. The van der Waals surface area contributed by atoms with E-state index in [0.29, 0.717) is 10.6 Å². The normalized spacial score (nSPS) is 12.6. The molecular formula is C17H12Cl2FN.